The molecule has 0 saturated heterocycles. The van der Waals surface area contributed by atoms with Crippen LogP contribution in [0.2, 0.25) is 0 Å². The molecule has 0 fully saturated rings. The predicted molar refractivity (Wildman–Crippen MR) is 64.8 cm³/mol. The molecule has 0 aromatic carbocycles. The molecule has 96 valence electrons. The molecule has 0 aliphatic rings. The first kappa shape index (κ1) is 14.1. The number of nitrogens with one attached hydrogen (secondary N) is 1. The van der Waals surface area contributed by atoms with Gasteiger partial charge in [0.25, 0.3) is 0 Å². The smallest absolute Gasteiger partial charge is 0.153 e. The average molecular weight is 260 g/mol. The molecule has 0 amide bonds. The fraction of sp³-hybridized carbons (Fsp3) is 0.545. The lowest BCUT2D eigenvalue weighted by molar-refractivity contribution is 0.520. The van der Waals surface area contributed by atoms with Crippen molar-refractivity contribution in [2.45, 2.75) is 25.1 Å². The summed E-state index contributed by atoms with van der Waals surface area (Å²) in [6.45, 7) is 4.00. The molecule has 0 unspecified atom stereocenters. The van der Waals surface area contributed by atoms with E-state index in [0.29, 0.717) is 18.7 Å². The Morgan fingerprint density at radius 2 is 2.06 bits per heavy atom. The van der Waals surface area contributed by atoms with E-state index in [9.17, 15) is 12.8 Å². The Morgan fingerprint density at radius 1 is 1.41 bits per heavy atom. The molecule has 0 saturated carbocycles. The van der Waals surface area contributed by atoms with Gasteiger partial charge in [0.1, 0.15) is 5.82 Å². The van der Waals surface area contributed by atoms with Gasteiger partial charge in [-0.2, -0.15) is 0 Å². The van der Waals surface area contributed by atoms with Crippen molar-refractivity contribution in [1.29, 1.82) is 0 Å². The fourth-order valence-electron chi connectivity index (χ4n) is 1.19. The van der Waals surface area contributed by atoms with Crippen LogP contribution >= 0.6 is 0 Å². The fourth-order valence-corrected chi connectivity index (χ4v) is 1.56. The van der Waals surface area contributed by atoms with Crippen molar-refractivity contribution in [3.05, 3.63) is 29.8 Å². The second-order valence-corrected chi connectivity index (χ2v) is 7.30. The summed E-state index contributed by atoms with van der Waals surface area (Å²) in [7, 11) is -3.12. The van der Waals surface area contributed by atoms with Gasteiger partial charge in [-0.05, 0) is 25.5 Å². The van der Waals surface area contributed by atoms with E-state index in [1.165, 1.54) is 12.3 Å². The van der Waals surface area contributed by atoms with Gasteiger partial charge in [0.05, 0.1) is 10.9 Å². The molecule has 0 bridgehead atoms. The summed E-state index contributed by atoms with van der Waals surface area (Å²) >= 11 is 0. The number of pyridine rings is 1. The summed E-state index contributed by atoms with van der Waals surface area (Å²) in [5.41, 5.74) is 0.689. The monoisotopic (exact) mass is 260 g/mol. The normalized spacial score (nSPS) is 12.7. The summed E-state index contributed by atoms with van der Waals surface area (Å²) in [4.78, 5) is 3.71. The molecule has 0 radical (unpaired) electrons. The minimum absolute atomic E-state index is 0.308. The molecule has 0 atom stereocenters. The van der Waals surface area contributed by atoms with E-state index in [1.807, 2.05) is 0 Å². The summed E-state index contributed by atoms with van der Waals surface area (Å²) in [5, 5.41) is 2.99. The van der Waals surface area contributed by atoms with Crippen LogP contribution in [-0.4, -0.2) is 30.9 Å². The Morgan fingerprint density at radius 3 is 2.59 bits per heavy atom. The Kier molecular flexibility index (Phi) is 4.21. The molecular weight excluding hydrogens is 243 g/mol. The third-order valence-electron chi connectivity index (χ3n) is 2.65. The molecule has 0 aliphatic carbocycles. The van der Waals surface area contributed by atoms with Crippen LogP contribution in [0.15, 0.2) is 18.5 Å². The number of nitrogens with zero attached hydrogens (tertiary/aromatic N) is 1. The van der Waals surface area contributed by atoms with Crippen molar-refractivity contribution < 1.29 is 12.8 Å². The molecular formula is C11H17FN2O2S. The van der Waals surface area contributed by atoms with Gasteiger partial charge in [-0.1, -0.05) is 0 Å². The highest BCUT2D eigenvalue weighted by molar-refractivity contribution is 7.92. The van der Waals surface area contributed by atoms with E-state index in [4.69, 9.17) is 0 Å². The van der Waals surface area contributed by atoms with Crippen molar-refractivity contribution in [3.8, 4) is 0 Å². The number of sulfone groups is 1. The first-order chi connectivity index (χ1) is 7.72. The third kappa shape index (κ3) is 4.05. The average Bonchev–Trinajstić information content (AvgIpc) is 2.15. The topological polar surface area (TPSA) is 59.1 Å². The molecule has 1 aromatic rings. The minimum Gasteiger partial charge on any atom is -0.311 e. The summed E-state index contributed by atoms with van der Waals surface area (Å²) in [5.74, 6) is -0.397. The number of aromatic nitrogens is 1. The van der Waals surface area contributed by atoms with Crippen molar-refractivity contribution in [3.63, 3.8) is 0 Å². The van der Waals surface area contributed by atoms with Gasteiger partial charge in [-0.3, -0.25) is 4.98 Å². The van der Waals surface area contributed by atoms with Gasteiger partial charge in [0.2, 0.25) is 0 Å². The Labute approximate surface area is 101 Å². The lowest BCUT2D eigenvalue weighted by Crippen LogP contribution is -2.41. The van der Waals surface area contributed by atoms with Crippen LogP contribution in [0.5, 0.6) is 0 Å². The zero-order valence-corrected chi connectivity index (χ0v) is 11.0. The third-order valence-corrected chi connectivity index (χ3v) is 4.80. The van der Waals surface area contributed by atoms with Gasteiger partial charge in [0.15, 0.2) is 9.84 Å². The number of hydrogen-bond acceptors (Lipinski definition) is 4. The zero-order chi connectivity index (χ0) is 13.1. The maximum Gasteiger partial charge on any atom is 0.153 e. The SMILES string of the molecule is CC(C)(CNCc1cncc(F)c1)S(C)(=O)=O. The quantitative estimate of drug-likeness (QED) is 0.862. The predicted octanol–water partition coefficient (Wildman–Crippen LogP) is 1.13. The summed E-state index contributed by atoms with van der Waals surface area (Å²) in [6, 6.07) is 1.37. The van der Waals surface area contributed by atoms with Gasteiger partial charge < -0.3 is 5.32 Å². The van der Waals surface area contributed by atoms with Gasteiger partial charge >= 0.3 is 0 Å². The van der Waals surface area contributed by atoms with E-state index >= 15 is 0 Å². The highest BCUT2D eigenvalue weighted by atomic mass is 32.2. The van der Waals surface area contributed by atoms with Crippen LogP contribution in [0, 0.1) is 5.82 Å². The van der Waals surface area contributed by atoms with E-state index in [1.54, 1.807) is 20.0 Å². The largest absolute Gasteiger partial charge is 0.311 e. The first-order valence-electron chi connectivity index (χ1n) is 5.22. The lowest BCUT2D eigenvalue weighted by Gasteiger charge is -2.22. The van der Waals surface area contributed by atoms with Crippen LogP contribution in [0.25, 0.3) is 0 Å². The molecule has 1 heterocycles. The van der Waals surface area contributed by atoms with E-state index in [2.05, 4.69) is 10.3 Å². The van der Waals surface area contributed by atoms with Crippen molar-refractivity contribution in [2.24, 2.45) is 0 Å². The van der Waals surface area contributed by atoms with Gasteiger partial charge in [-0.15, -0.1) is 0 Å². The van der Waals surface area contributed by atoms with Crippen LogP contribution in [0.4, 0.5) is 4.39 Å². The highest BCUT2D eigenvalue weighted by Gasteiger charge is 2.29. The molecule has 1 N–H and O–H groups in total. The number of rotatable bonds is 5. The van der Waals surface area contributed by atoms with Crippen LogP contribution in [-0.2, 0) is 16.4 Å². The Balaban J connectivity index is 2.54. The number of halogens is 1. The summed E-state index contributed by atoms with van der Waals surface area (Å²) in [6.07, 6.45) is 3.88. The van der Waals surface area contributed by atoms with E-state index < -0.39 is 20.4 Å². The molecule has 0 spiro atoms. The molecule has 4 nitrogen and oxygen atoms in total. The zero-order valence-electron chi connectivity index (χ0n) is 10.2. The molecule has 1 rings (SSSR count). The van der Waals surface area contributed by atoms with Gasteiger partial charge in [0, 0.05) is 25.5 Å². The summed E-state index contributed by atoms with van der Waals surface area (Å²) < 4.78 is 34.9. The van der Waals surface area contributed by atoms with Crippen LogP contribution < -0.4 is 5.32 Å². The van der Waals surface area contributed by atoms with Crippen LogP contribution in [0.3, 0.4) is 0 Å². The van der Waals surface area contributed by atoms with Gasteiger partial charge in [-0.25, -0.2) is 12.8 Å². The number of hydrogen-bond donors (Lipinski definition) is 1. The first-order valence-corrected chi connectivity index (χ1v) is 7.11. The van der Waals surface area contributed by atoms with Crippen molar-refractivity contribution in [1.82, 2.24) is 10.3 Å². The molecule has 0 aliphatic heterocycles. The Hall–Kier alpha value is -1.01. The molecule has 17 heavy (non-hydrogen) atoms. The van der Waals surface area contributed by atoms with E-state index in [-0.39, 0.29) is 0 Å². The maximum absolute atomic E-state index is 12.8. The standard InChI is InChI=1S/C11H17FN2O2S/c1-11(2,17(3,15)16)8-14-6-9-4-10(12)7-13-5-9/h4-5,7,14H,6,8H2,1-3H3. The van der Waals surface area contributed by atoms with Crippen LogP contribution in [0.1, 0.15) is 19.4 Å². The second kappa shape index (κ2) is 5.10. The van der Waals surface area contributed by atoms with E-state index in [0.717, 1.165) is 6.20 Å². The highest BCUT2D eigenvalue weighted by Crippen LogP contribution is 2.13. The second-order valence-electron chi connectivity index (χ2n) is 4.65. The molecule has 1 aromatic heterocycles. The van der Waals surface area contributed by atoms with Crippen molar-refractivity contribution in [2.75, 3.05) is 12.8 Å². The maximum atomic E-state index is 12.8. The van der Waals surface area contributed by atoms with Crippen molar-refractivity contribution >= 4 is 9.84 Å². The Bertz CT molecular complexity index is 486. The molecule has 6 heteroatoms. The lowest BCUT2D eigenvalue weighted by atomic mass is 10.2. The minimum atomic E-state index is -3.12.